The molecule has 1 aromatic carbocycles. The maximum Gasteiger partial charge on any atom is 0.410 e. The fourth-order valence-corrected chi connectivity index (χ4v) is 10.2. The van der Waals surface area contributed by atoms with Gasteiger partial charge in [0.2, 0.25) is 5.88 Å². The molecule has 3 aromatic heterocycles. The summed E-state index contributed by atoms with van der Waals surface area (Å²) in [7, 11) is 1.57. The third-order valence-corrected chi connectivity index (χ3v) is 13.1. The number of aromatic nitrogens is 5. The molecule has 4 fully saturated rings. The number of pyridine rings is 1. The van der Waals surface area contributed by atoms with Crippen molar-refractivity contribution in [3.63, 3.8) is 0 Å². The van der Waals surface area contributed by atoms with Crippen LogP contribution in [0.1, 0.15) is 111 Å². The average molecular weight is 943 g/mol. The molecule has 4 aromatic rings. The SMILES string of the molecule is COCO[C@H]1C[C@@H](COCCCCc2c(Cl)cc3c(cnn3C3CCCCO3)c2-c2ncc3c(OC(C)(C)C)nc(OC[C@@]45CCCN4C[C@H](F)C5)nc3c2F)CN(C(=O)OC(C)(C)C)C1. The molecular formula is C48H66ClF2N7O8. The predicted octanol–water partition coefficient (Wildman–Crippen LogP) is 9.25. The van der Waals surface area contributed by atoms with E-state index in [4.69, 9.17) is 54.8 Å². The molecule has 5 atom stereocenters. The number of alkyl halides is 1. The number of hydrogen-bond acceptors (Lipinski definition) is 13. The van der Waals surface area contributed by atoms with E-state index >= 15 is 4.39 Å². The highest BCUT2D eigenvalue weighted by atomic mass is 35.5. The molecule has 15 nitrogen and oxygen atoms in total. The first-order valence-electron chi connectivity index (χ1n) is 23.5. The fraction of sp³-hybridized carbons (Fsp3) is 0.688. The molecule has 7 heterocycles. The molecule has 0 radical (unpaired) electrons. The van der Waals surface area contributed by atoms with Crippen molar-refractivity contribution in [1.29, 1.82) is 0 Å². The number of benzene rings is 1. The second-order valence-corrected chi connectivity index (χ2v) is 20.7. The van der Waals surface area contributed by atoms with Crippen molar-refractivity contribution in [3.8, 4) is 23.1 Å². The van der Waals surface area contributed by atoms with Crippen LogP contribution in [0.3, 0.4) is 0 Å². The lowest BCUT2D eigenvalue weighted by molar-refractivity contribution is -0.106. The molecule has 0 aliphatic carbocycles. The van der Waals surface area contributed by atoms with E-state index in [2.05, 4.69) is 14.9 Å². The van der Waals surface area contributed by atoms with Crippen molar-refractivity contribution in [1.82, 2.24) is 34.5 Å². The smallest absolute Gasteiger partial charge is 0.410 e. The number of rotatable bonds is 16. The van der Waals surface area contributed by atoms with E-state index < -0.39 is 28.7 Å². The van der Waals surface area contributed by atoms with E-state index in [-0.39, 0.29) is 66.2 Å². The lowest BCUT2D eigenvalue weighted by atomic mass is 9.95. The van der Waals surface area contributed by atoms with E-state index in [0.29, 0.717) is 93.0 Å². The zero-order valence-electron chi connectivity index (χ0n) is 39.5. The molecule has 1 unspecified atom stereocenters. The zero-order valence-corrected chi connectivity index (χ0v) is 40.3. The number of fused-ring (bicyclic) bond motifs is 3. The maximum atomic E-state index is 17.6. The monoisotopic (exact) mass is 941 g/mol. The molecule has 0 spiro atoms. The second kappa shape index (κ2) is 20.3. The van der Waals surface area contributed by atoms with Crippen molar-refractivity contribution in [2.24, 2.45) is 5.92 Å². The Bertz CT molecular complexity index is 2340. The van der Waals surface area contributed by atoms with Crippen LogP contribution >= 0.6 is 11.6 Å². The van der Waals surface area contributed by atoms with Crippen molar-refractivity contribution in [3.05, 3.63) is 34.9 Å². The molecule has 0 saturated carbocycles. The maximum absolute atomic E-state index is 17.6. The van der Waals surface area contributed by atoms with Crippen LogP contribution in [0.25, 0.3) is 33.1 Å². The van der Waals surface area contributed by atoms with E-state index in [1.54, 1.807) is 24.4 Å². The molecule has 4 saturated heterocycles. The Balaban J connectivity index is 1.06. The van der Waals surface area contributed by atoms with E-state index in [1.807, 2.05) is 52.3 Å². The Morgan fingerprint density at radius 1 is 1.03 bits per heavy atom. The Labute approximate surface area is 391 Å². The minimum atomic E-state index is -0.933. The van der Waals surface area contributed by atoms with Crippen molar-refractivity contribution >= 4 is 39.5 Å². The van der Waals surface area contributed by atoms with Gasteiger partial charge in [0.05, 0.1) is 41.9 Å². The summed E-state index contributed by atoms with van der Waals surface area (Å²) < 4.78 is 75.7. The van der Waals surface area contributed by atoms with Crippen LogP contribution in [0.2, 0.25) is 5.02 Å². The van der Waals surface area contributed by atoms with Gasteiger partial charge in [0.25, 0.3) is 0 Å². The summed E-state index contributed by atoms with van der Waals surface area (Å²) in [6.07, 6.45) is 8.91. The number of carbonyl (C=O) groups excluding carboxylic acids is 1. The summed E-state index contributed by atoms with van der Waals surface area (Å²) in [6, 6.07) is 1.83. The van der Waals surface area contributed by atoms with Gasteiger partial charge in [-0.15, -0.1) is 0 Å². The average Bonchev–Trinajstić information content (AvgIpc) is 3.95. The number of amides is 1. The molecule has 66 heavy (non-hydrogen) atoms. The summed E-state index contributed by atoms with van der Waals surface area (Å²) in [5, 5.41) is 6.20. The van der Waals surface area contributed by atoms with Gasteiger partial charge in [0, 0.05) is 67.9 Å². The topological polar surface area (TPSA) is 145 Å². The summed E-state index contributed by atoms with van der Waals surface area (Å²) in [5.41, 5.74) is 0.226. The number of ether oxygens (including phenoxy) is 7. The lowest BCUT2D eigenvalue weighted by Crippen LogP contribution is -2.49. The number of unbranched alkanes of at least 4 members (excludes halogenated alkanes) is 1. The number of hydrogen-bond donors (Lipinski definition) is 0. The number of halogens is 3. The van der Waals surface area contributed by atoms with Crippen LogP contribution in [0.4, 0.5) is 13.6 Å². The van der Waals surface area contributed by atoms with Crippen LogP contribution in [-0.2, 0) is 30.1 Å². The molecular weight excluding hydrogens is 876 g/mol. The van der Waals surface area contributed by atoms with Gasteiger partial charge in [0.1, 0.15) is 42.0 Å². The first-order valence-corrected chi connectivity index (χ1v) is 23.9. The van der Waals surface area contributed by atoms with Crippen LogP contribution in [0.5, 0.6) is 11.9 Å². The molecule has 0 N–H and O–H groups in total. The zero-order chi connectivity index (χ0) is 46.8. The van der Waals surface area contributed by atoms with Gasteiger partial charge >= 0.3 is 12.1 Å². The predicted molar refractivity (Wildman–Crippen MR) is 245 cm³/mol. The minimum Gasteiger partial charge on any atom is -0.471 e. The van der Waals surface area contributed by atoms with Gasteiger partial charge in [-0.2, -0.15) is 15.1 Å². The summed E-state index contributed by atoms with van der Waals surface area (Å²) in [5.74, 6) is -0.507. The Hall–Kier alpha value is -4.00. The van der Waals surface area contributed by atoms with Crippen LogP contribution in [-0.4, -0.2) is 136 Å². The Kier molecular flexibility index (Phi) is 14.9. The van der Waals surface area contributed by atoms with E-state index in [0.717, 1.165) is 44.2 Å². The van der Waals surface area contributed by atoms with Crippen LogP contribution < -0.4 is 9.47 Å². The second-order valence-electron chi connectivity index (χ2n) is 20.3. The van der Waals surface area contributed by atoms with Crippen molar-refractivity contribution in [2.75, 3.05) is 66.5 Å². The standard InChI is InChI=1S/C48H66ClF2N7O8/c1-46(2,3)65-43-35-22-52-42(40(51)41(35)54-44(55-43)63-28-48-15-12-16-57(48)25-31(50)21-48)39-33(36(49)20-37-34(39)23-53-58(37)38-14-9-11-18-62-38)13-8-10-17-61-27-30-19-32(64-29-60-7)26-56(24-30)45(59)66-47(4,5)6/h20,22-23,30-32,38H,8-19,21,24-29H2,1-7H3/t30-,31-,32+,38?,48+/m1/s1. The van der Waals surface area contributed by atoms with Gasteiger partial charge < -0.3 is 38.1 Å². The molecule has 4 aliphatic heterocycles. The first-order chi connectivity index (χ1) is 31.5. The Morgan fingerprint density at radius 3 is 2.62 bits per heavy atom. The molecule has 362 valence electrons. The van der Waals surface area contributed by atoms with Crippen molar-refractivity contribution < 1.29 is 46.7 Å². The third-order valence-electron chi connectivity index (χ3n) is 12.8. The van der Waals surface area contributed by atoms with Gasteiger partial charge in [-0.05, 0) is 118 Å². The Morgan fingerprint density at radius 2 is 1.86 bits per heavy atom. The van der Waals surface area contributed by atoms with E-state index in [1.165, 1.54) is 0 Å². The fourth-order valence-electron chi connectivity index (χ4n) is 9.91. The molecule has 18 heteroatoms. The number of carbonyl (C=O) groups is 1. The highest BCUT2D eigenvalue weighted by Gasteiger charge is 2.49. The van der Waals surface area contributed by atoms with Gasteiger partial charge in [-0.3, -0.25) is 9.88 Å². The molecule has 8 rings (SSSR count). The lowest BCUT2D eigenvalue weighted by Gasteiger charge is -2.38. The third kappa shape index (κ3) is 11.1. The normalized spacial score (nSPS) is 24.1. The molecule has 0 bridgehead atoms. The van der Waals surface area contributed by atoms with Gasteiger partial charge in [-0.1, -0.05) is 11.6 Å². The molecule has 4 aliphatic rings. The van der Waals surface area contributed by atoms with Crippen molar-refractivity contribution in [2.45, 2.75) is 141 Å². The number of likely N-dealkylation sites (tertiary alicyclic amines) is 1. The summed E-state index contributed by atoms with van der Waals surface area (Å²) in [4.78, 5) is 30.9. The van der Waals surface area contributed by atoms with Gasteiger partial charge in [0.15, 0.2) is 12.0 Å². The highest BCUT2D eigenvalue weighted by molar-refractivity contribution is 6.33. The number of methoxy groups -OCH3 is 1. The first kappa shape index (κ1) is 48.5. The quantitative estimate of drug-likeness (QED) is 0.0778. The van der Waals surface area contributed by atoms with E-state index in [9.17, 15) is 9.18 Å². The number of piperidine rings is 1. The van der Waals surface area contributed by atoms with Crippen LogP contribution in [0.15, 0.2) is 18.5 Å². The summed E-state index contributed by atoms with van der Waals surface area (Å²) in [6.45, 7) is 15.1. The van der Waals surface area contributed by atoms with Crippen LogP contribution in [0, 0.1) is 11.7 Å². The largest absolute Gasteiger partial charge is 0.471 e. The summed E-state index contributed by atoms with van der Waals surface area (Å²) >= 11 is 7.22. The minimum absolute atomic E-state index is 0.0156. The highest BCUT2D eigenvalue weighted by Crippen LogP contribution is 2.43. The van der Waals surface area contributed by atoms with Gasteiger partial charge in [-0.25, -0.2) is 18.3 Å². The molecule has 1 amide bonds. The number of nitrogens with zero attached hydrogens (tertiary/aromatic N) is 7.